The number of Topliss-reactive ketones (excluding diaryl/α,β-unsaturated/α-hetero) is 1. The Morgan fingerprint density at radius 1 is 1.50 bits per heavy atom. The van der Waals surface area contributed by atoms with Crippen molar-refractivity contribution >= 4 is 17.1 Å². The first-order chi connectivity index (χ1) is 7.59. The van der Waals surface area contributed by atoms with Crippen molar-refractivity contribution in [1.82, 2.24) is 14.5 Å². The van der Waals surface area contributed by atoms with Gasteiger partial charge in [0.05, 0.1) is 18.2 Å². The van der Waals surface area contributed by atoms with Gasteiger partial charge < -0.3 is 4.57 Å². The lowest BCUT2D eigenvalue weighted by molar-refractivity contribution is 0.101. The number of nitrogens with zero attached hydrogens (tertiary/aromatic N) is 3. The highest BCUT2D eigenvalue weighted by atomic mass is 32.1. The average molecular weight is 235 g/mol. The number of carbonyl (C=O) groups is 1. The van der Waals surface area contributed by atoms with Gasteiger partial charge in [-0.3, -0.25) is 4.79 Å². The van der Waals surface area contributed by atoms with Crippen molar-refractivity contribution in [3.05, 3.63) is 23.6 Å². The van der Waals surface area contributed by atoms with E-state index in [-0.39, 0.29) is 5.78 Å². The quantitative estimate of drug-likeness (QED) is 0.768. The van der Waals surface area contributed by atoms with Crippen LogP contribution in [0.25, 0.3) is 10.7 Å². The summed E-state index contributed by atoms with van der Waals surface area (Å²) in [6.45, 7) is 5.70. The largest absolute Gasteiger partial charge is 0.326 e. The van der Waals surface area contributed by atoms with Crippen molar-refractivity contribution in [3.63, 3.8) is 0 Å². The molecule has 0 saturated carbocycles. The second-order valence-corrected chi connectivity index (χ2v) is 4.73. The number of rotatable bonds is 3. The van der Waals surface area contributed by atoms with Gasteiger partial charge in [-0.25, -0.2) is 9.97 Å². The van der Waals surface area contributed by atoms with Crippen LogP contribution < -0.4 is 0 Å². The van der Waals surface area contributed by atoms with Crippen LogP contribution in [0.5, 0.6) is 0 Å². The molecule has 4 nitrogen and oxygen atoms in total. The molecular weight excluding hydrogens is 222 g/mol. The third-order valence-electron chi connectivity index (χ3n) is 2.31. The number of carbonyl (C=O) groups excluding carboxylic acids is 1. The summed E-state index contributed by atoms with van der Waals surface area (Å²) in [6, 6.07) is 0.335. The minimum absolute atomic E-state index is 0.00175. The Morgan fingerprint density at radius 2 is 2.25 bits per heavy atom. The molecule has 0 spiro atoms. The fraction of sp³-hybridized carbons (Fsp3) is 0.364. The van der Waals surface area contributed by atoms with E-state index in [0.717, 1.165) is 10.7 Å². The van der Waals surface area contributed by atoms with Crippen LogP contribution in [0.3, 0.4) is 0 Å². The van der Waals surface area contributed by atoms with Crippen molar-refractivity contribution in [3.8, 4) is 10.7 Å². The van der Waals surface area contributed by atoms with Crippen molar-refractivity contribution in [2.24, 2.45) is 0 Å². The molecule has 0 fully saturated rings. The second kappa shape index (κ2) is 4.17. The molecule has 5 heteroatoms. The topological polar surface area (TPSA) is 47.8 Å². The second-order valence-electron chi connectivity index (χ2n) is 3.87. The molecule has 0 aliphatic carbocycles. The molecule has 0 N–H and O–H groups in total. The fourth-order valence-electron chi connectivity index (χ4n) is 1.43. The van der Waals surface area contributed by atoms with Gasteiger partial charge in [0.2, 0.25) is 0 Å². The summed E-state index contributed by atoms with van der Waals surface area (Å²) < 4.78 is 2.04. The summed E-state index contributed by atoms with van der Waals surface area (Å²) >= 11 is 1.47. The fourth-order valence-corrected chi connectivity index (χ4v) is 2.31. The number of thiazole rings is 1. The van der Waals surface area contributed by atoms with Gasteiger partial charge in [-0.1, -0.05) is 0 Å². The zero-order chi connectivity index (χ0) is 11.7. The minimum Gasteiger partial charge on any atom is -0.326 e. The van der Waals surface area contributed by atoms with E-state index < -0.39 is 0 Å². The first-order valence-corrected chi connectivity index (χ1v) is 5.96. The van der Waals surface area contributed by atoms with E-state index in [1.807, 2.05) is 4.57 Å². The molecular formula is C11H13N3OS. The van der Waals surface area contributed by atoms with Crippen molar-refractivity contribution in [2.45, 2.75) is 26.8 Å². The molecule has 0 bridgehead atoms. The molecule has 2 aromatic heterocycles. The molecule has 0 radical (unpaired) electrons. The number of aromatic nitrogens is 3. The van der Waals surface area contributed by atoms with E-state index in [4.69, 9.17) is 0 Å². The van der Waals surface area contributed by atoms with Gasteiger partial charge in [-0.15, -0.1) is 11.3 Å². The summed E-state index contributed by atoms with van der Waals surface area (Å²) in [4.78, 5) is 19.6. The Bertz CT molecular complexity index is 513. The van der Waals surface area contributed by atoms with E-state index in [0.29, 0.717) is 11.7 Å². The Balaban J connectivity index is 2.42. The Kier molecular flexibility index (Phi) is 2.87. The summed E-state index contributed by atoms with van der Waals surface area (Å²) in [5, 5.41) is 2.63. The molecule has 0 saturated heterocycles. The van der Waals surface area contributed by atoms with E-state index in [9.17, 15) is 4.79 Å². The maximum Gasteiger partial charge on any atom is 0.178 e. The van der Waals surface area contributed by atoms with Crippen LogP contribution in [0.4, 0.5) is 0 Å². The molecule has 0 unspecified atom stereocenters. The smallest absolute Gasteiger partial charge is 0.178 e. The molecule has 0 aliphatic heterocycles. The molecule has 2 heterocycles. The van der Waals surface area contributed by atoms with Gasteiger partial charge in [-0.2, -0.15) is 0 Å². The monoisotopic (exact) mass is 235 g/mol. The molecule has 16 heavy (non-hydrogen) atoms. The predicted octanol–water partition coefficient (Wildman–Crippen LogP) is 2.79. The standard InChI is InChI=1S/C11H13N3OS/c1-7(2)14-6-12-4-10(14)11-13-9(5-16-11)8(3)15/h4-7H,1-3H3. The van der Waals surface area contributed by atoms with Crippen LogP contribution in [0.2, 0.25) is 0 Å². The van der Waals surface area contributed by atoms with E-state index in [1.165, 1.54) is 18.3 Å². The lowest BCUT2D eigenvalue weighted by Gasteiger charge is -2.09. The number of ketones is 1. The molecule has 0 atom stereocenters. The first kappa shape index (κ1) is 11.0. The van der Waals surface area contributed by atoms with Gasteiger partial charge in [0.1, 0.15) is 10.7 Å². The van der Waals surface area contributed by atoms with Crippen LogP contribution in [0, 0.1) is 0 Å². The molecule has 0 aromatic carbocycles. The SMILES string of the molecule is CC(=O)c1csc(-c2cncn2C(C)C)n1. The highest BCUT2D eigenvalue weighted by molar-refractivity contribution is 7.13. The Morgan fingerprint density at radius 3 is 2.81 bits per heavy atom. The third kappa shape index (κ3) is 1.90. The third-order valence-corrected chi connectivity index (χ3v) is 3.17. The van der Waals surface area contributed by atoms with Crippen molar-refractivity contribution in [2.75, 3.05) is 0 Å². The van der Waals surface area contributed by atoms with Crippen LogP contribution in [-0.4, -0.2) is 20.3 Å². The van der Waals surface area contributed by atoms with E-state index in [1.54, 1.807) is 17.9 Å². The van der Waals surface area contributed by atoms with Gasteiger partial charge in [0, 0.05) is 18.3 Å². The van der Waals surface area contributed by atoms with Crippen LogP contribution >= 0.6 is 11.3 Å². The first-order valence-electron chi connectivity index (χ1n) is 5.08. The van der Waals surface area contributed by atoms with Gasteiger partial charge in [0.15, 0.2) is 5.78 Å². The Hall–Kier alpha value is -1.49. The Labute approximate surface area is 98.0 Å². The maximum atomic E-state index is 11.2. The summed E-state index contributed by atoms with van der Waals surface area (Å²) in [5.41, 5.74) is 1.49. The molecule has 84 valence electrons. The van der Waals surface area contributed by atoms with Gasteiger partial charge in [-0.05, 0) is 13.8 Å². The predicted molar refractivity (Wildman–Crippen MR) is 63.7 cm³/mol. The maximum absolute atomic E-state index is 11.2. The highest BCUT2D eigenvalue weighted by Gasteiger charge is 2.13. The zero-order valence-electron chi connectivity index (χ0n) is 9.47. The highest BCUT2D eigenvalue weighted by Crippen LogP contribution is 2.25. The van der Waals surface area contributed by atoms with E-state index >= 15 is 0 Å². The number of imidazole rings is 1. The zero-order valence-corrected chi connectivity index (χ0v) is 10.3. The van der Waals surface area contributed by atoms with Crippen LogP contribution in [-0.2, 0) is 0 Å². The summed E-state index contributed by atoms with van der Waals surface area (Å²) in [5.74, 6) is -0.00175. The summed E-state index contributed by atoms with van der Waals surface area (Å²) in [7, 11) is 0. The molecule has 0 aliphatic rings. The number of hydrogen-bond donors (Lipinski definition) is 0. The number of hydrogen-bond acceptors (Lipinski definition) is 4. The van der Waals surface area contributed by atoms with Gasteiger partial charge >= 0.3 is 0 Å². The average Bonchev–Trinajstić information content (AvgIpc) is 2.86. The summed E-state index contributed by atoms with van der Waals surface area (Å²) in [6.07, 6.45) is 3.57. The lowest BCUT2D eigenvalue weighted by Crippen LogP contribution is -2.01. The van der Waals surface area contributed by atoms with Gasteiger partial charge in [0.25, 0.3) is 0 Å². The molecule has 2 rings (SSSR count). The molecule has 2 aromatic rings. The van der Waals surface area contributed by atoms with Crippen LogP contribution in [0.1, 0.15) is 37.3 Å². The van der Waals surface area contributed by atoms with Crippen molar-refractivity contribution < 1.29 is 4.79 Å². The molecule has 0 amide bonds. The van der Waals surface area contributed by atoms with Crippen LogP contribution in [0.15, 0.2) is 17.9 Å². The van der Waals surface area contributed by atoms with E-state index in [2.05, 4.69) is 23.8 Å². The normalized spacial score (nSPS) is 11.0. The minimum atomic E-state index is -0.00175. The van der Waals surface area contributed by atoms with Crippen molar-refractivity contribution in [1.29, 1.82) is 0 Å². The lowest BCUT2D eigenvalue weighted by atomic mass is 10.3.